The van der Waals surface area contributed by atoms with E-state index in [-0.39, 0.29) is 31.4 Å². The molecule has 14 nitrogen and oxygen atoms in total. The van der Waals surface area contributed by atoms with E-state index >= 15 is 0 Å². The Morgan fingerprint density at radius 2 is 1.49 bits per heavy atom. The number of ketones is 1. The molecule has 298 valence electrons. The third-order valence-corrected chi connectivity index (χ3v) is 11.8. The number of esters is 1. The summed E-state index contributed by atoms with van der Waals surface area (Å²) in [5, 5.41) is 57.6. The molecule has 0 radical (unpaired) electrons. The Kier molecular flexibility index (Phi) is 14.7. The molecule has 2 unspecified atom stereocenters. The van der Waals surface area contributed by atoms with Gasteiger partial charge in [0.25, 0.3) is 0 Å². The summed E-state index contributed by atoms with van der Waals surface area (Å²) in [4.78, 5) is 29.8. The fourth-order valence-electron chi connectivity index (χ4n) is 8.41. The van der Waals surface area contributed by atoms with Crippen LogP contribution in [-0.2, 0) is 38.0 Å². The number of carbonyl (C=O) groups excluding carboxylic acids is 2. The van der Waals surface area contributed by atoms with Gasteiger partial charge in [0.1, 0.15) is 29.7 Å². The molecule has 3 rings (SSSR count). The quantitative estimate of drug-likeness (QED) is 0.188. The van der Waals surface area contributed by atoms with Crippen LogP contribution in [0.3, 0.4) is 0 Å². The number of hydrogen-bond acceptors (Lipinski definition) is 14. The molecule has 3 heterocycles. The minimum absolute atomic E-state index is 0.0936. The molecule has 3 aliphatic rings. The normalized spacial score (nSPS) is 49.7. The summed E-state index contributed by atoms with van der Waals surface area (Å²) in [7, 11) is 5.18. The zero-order valence-corrected chi connectivity index (χ0v) is 32.9. The number of aliphatic hydroxyl groups excluding tert-OH is 3. The predicted molar refractivity (Wildman–Crippen MR) is 186 cm³/mol. The maximum atomic E-state index is 14.1. The van der Waals surface area contributed by atoms with Crippen molar-refractivity contribution in [1.29, 1.82) is 0 Å². The average Bonchev–Trinajstić information content (AvgIpc) is 3.05. The molecule has 0 aromatic rings. The molecule has 0 bridgehead atoms. The molecule has 3 aliphatic heterocycles. The van der Waals surface area contributed by atoms with Gasteiger partial charge in [0.2, 0.25) is 0 Å². The van der Waals surface area contributed by atoms with Crippen LogP contribution in [0.4, 0.5) is 0 Å². The highest BCUT2D eigenvalue weighted by Gasteiger charge is 2.53. The molecule has 0 aromatic heterocycles. The van der Waals surface area contributed by atoms with Gasteiger partial charge in [0.15, 0.2) is 12.6 Å². The molecule has 18 atom stereocenters. The molecule has 0 aliphatic carbocycles. The first-order valence-electron chi connectivity index (χ1n) is 18.5. The lowest BCUT2D eigenvalue weighted by Gasteiger charge is -2.49. The van der Waals surface area contributed by atoms with Crippen molar-refractivity contribution in [2.24, 2.45) is 23.7 Å². The molecule has 51 heavy (non-hydrogen) atoms. The van der Waals surface area contributed by atoms with Crippen molar-refractivity contribution in [3.05, 3.63) is 0 Å². The molecule has 0 saturated carbocycles. The maximum Gasteiger partial charge on any atom is 0.311 e. The van der Waals surface area contributed by atoms with Crippen molar-refractivity contribution in [1.82, 2.24) is 4.90 Å². The molecule has 14 heteroatoms. The van der Waals surface area contributed by atoms with Crippen molar-refractivity contribution < 1.29 is 63.5 Å². The molecule has 5 N–H and O–H groups in total. The molecule has 3 fully saturated rings. The largest absolute Gasteiger partial charge is 0.459 e. The first-order valence-corrected chi connectivity index (χ1v) is 18.5. The van der Waals surface area contributed by atoms with Gasteiger partial charge in [0.05, 0.1) is 47.6 Å². The highest BCUT2D eigenvalue weighted by Crippen LogP contribution is 2.40. The van der Waals surface area contributed by atoms with E-state index in [1.165, 1.54) is 27.9 Å². The van der Waals surface area contributed by atoms with Crippen LogP contribution in [-0.4, -0.2) is 148 Å². The molecular weight excluding hydrogens is 668 g/mol. The smallest absolute Gasteiger partial charge is 0.311 e. The predicted octanol–water partition coefficient (Wildman–Crippen LogP) is 1.79. The van der Waals surface area contributed by atoms with E-state index in [0.717, 1.165) is 0 Å². The zero-order valence-electron chi connectivity index (χ0n) is 32.9. The van der Waals surface area contributed by atoms with Gasteiger partial charge in [0, 0.05) is 37.3 Å². The van der Waals surface area contributed by atoms with Crippen molar-refractivity contribution >= 4 is 11.8 Å². The molecule has 3 saturated heterocycles. The van der Waals surface area contributed by atoms with Crippen LogP contribution in [0.25, 0.3) is 0 Å². The van der Waals surface area contributed by atoms with E-state index in [1.807, 2.05) is 25.9 Å². The number of cyclic esters (lactones) is 1. The summed E-state index contributed by atoms with van der Waals surface area (Å²) in [6.45, 7) is 16.3. The van der Waals surface area contributed by atoms with E-state index in [2.05, 4.69) is 0 Å². The SMILES string of the molecule is CCC1OC(=O)[C@H](C)C(O[C@H]2C[C@@](C)(OC)[C@@H](O)[C@H](C)O2)[C@H](C)[C@@H](O[C@@H]2O[C@H](C)C[C@H](N([13CH3])[13CH3])[C@H]2O)[C@](C)(O)C[C@@H](C)C(=O)[C@H](C)[C@@H](O)[C@]1(C)O. The van der Waals surface area contributed by atoms with E-state index in [0.29, 0.717) is 6.42 Å². The van der Waals surface area contributed by atoms with Gasteiger partial charge in [-0.3, -0.25) is 9.59 Å². The topological polar surface area (TPSA) is 194 Å². The summed E-state index contributed by atoms with van der Waals surface area (Å²) < 4.78 is 37.1. The third kappa shape index (κ3) is 9.51. The van der Waals surface area contributed by atoms with Gasteiger partial charge >= 0.3 is 5.97 Å². The highest BCUT2D eigenvalue weighted by molar-refractivity contribution is 5.83. The van der Waals surface area contributed by atoms with Gasteiger partial charge in [-0.1, -0.05) is 27.7 Å². The van der Waals surface area contributed by atoms with Crippen LogP contribution in [0.1, 0.15) is 94.9 Å². The van der Waals surface area contributed by atoms with E-state index in [4.69, 9.17) is 28.4 Å². The standard InChI is InChI=1S/C37H67NO13/c1-14-25-37(10,45)30(41)20(4)27(39)18(2)16-35(8,44)32(51-34-28(40)24(38(11)12)15-19(3)47-34)21(5)29(22(6)33(43)49-25)50-26-17-36(9,46-13)31(42)23(7)48-26/h18-26,28-32,34,40-42,44-45H,14-17H2,1-13H3/t18-,19-,20+,21+,22-,23+,24+,25?,26+,28-,29?,30-,31+,32-,34+,35-,36-,37-/m1/s1/i11+1,12+1. The Bertz CT molecular complexity index is 1170. The molecule has 0 spiro atoms. The van der Waals surface area contributed by atoms with Crippen molar-refractivity contribution in [2.45, 2.75) is 179 Å². The Hall–Kier alpha value is -1.30. The lowest BCUT2D eigenvalue weighted by molar-refractivity contribution is -0.318. The first-order chi connectivity index (χ1) is 23.4. The van der Waals surface area contributed by atoms with Crippen LogP contribution in [0, 0.1) is 23.7 Å². The summed E-state index contributed by atoms with van der Waals surface area (Å²) in [5.41, 5.74) is -4.84. The average molecular weight is 736 g/mol. The lowest BCUT2D eigenvalue weighted by atomic mass is 9.74. The molecular formula is C37H67NO13. The monoisotopic (exact) mass is 735 g/mol. The Balaban J connectivity index is 2.18. The second-order valence-electron chi connectivity index (χ2n) is 16.5. The number of rotatable bonds is 7. The number of nitrogens with zero attached hydrogens (tertiary/aromatic N) is 1. The minimum Gasteiger partial charge on any atom is -0.459 e. The Morgan fingerprint density at radius 1 is 0.882 bits per heavy atom. The van der Waals surface area contributed by atoms with Crippen LogP contribution in [0.5, 0.6) is 0 Å². The summed E-state index contributed by atoms with van der Waals surface area (Å²) in [5.74, 6) is -4.98. The van der Waals surface area contributed by atoms with Crippen LogP contribution >= 0.6 is 0 Å². The van der Waals surface area contributed by atoms with Gasteiger partial charge in [-0.15, -0.1) is 0 Å². The minimum atomic E-state index is -1.99. The van der Waals surface area contributed by atoms with Gasteiger partial charge in [-0.05, 0) is 74.9 Å². The second kappa shape index (κ2) is 17.0. The zero-order chi connectivity index (χ0) is 39.0. The van der Waals surface area contributed by atoms with E-state index in [1.54, 1.807) is 41.5 Å². The number of ether oxygens (including phenoxy) is 6. The van der Waals surface area contributed by atoms with Gasteiger partial charge in [-0.2, -0.15) is 0 Å². The maximum absolute atomic E-state index is 14.1. The number of likely N-dealkylation sites (N-methyl/N-ethyl adjacent to an activating group) is 1. The number of Topliss-reactive ketones (excluding diaryl/α,β-unsaturated/α-hetero) is 1. The summed E-state index contributed by atoms with van der Waals surface area (Å²) in [6, 6.07) is -0.324. The van der Waals surface area contributed by atoms with Gasteiger partial charge in [-0.25, -0.2) is 0 Å². The Labute approximate surface area is 304 Å². The fraction of sp³-hybridized carbons (Fsp3) is 0.946. The highest BCUT2D eigenvalue weighted by atomic mass is 16.7. The van der Waals surface area contributed by atoms with Crippen molar-refractivity contribution in [3.8, 4) is 0 Å². The lowest BCUT2D eigenvalue weighted by Crippen LogP contribution is -2.61. The van der Waals surface area contributed by atoms with Crippen LogP contribution in [0.2, 0.25) is 0 Å². The first kappa shape index (κ1) is 44.1. The molecule has 0 amide bonds. The number of hydrogen-bond donors (Lipinski definition) is 5. The second-order valence-corrected chi connectivity index (χ2v) is 16.5. The van der Waals surface area contributed by atoms with E-state index < -0.39 is 108 Å². The van der Waals surface area contributed by atoms with Gasteiger partial charge < -0.3 is 58.9 Å². The number of carbonyl (C=O) groups is 2. The van der Waals surface area contributed by atoms with E-state index in [9.17, 15) is 35.1 Å². The van der Waals surface area contributed by atoms with Crippen molar-refractivity contribution in [3.63, 3.8) is 0 Å². The third-order valence-electron chi connectivity index (χ3n) is 11.8. The van der Waals surface area contributed by atoms with Crippen molar-refractivity contribution in [2.75, 3.05) is 21.2 Å². The van der Waals surface area contributed by atoms with Crippen LogP contribution in [0.15, 0.2) is 0 Å². The number of aliphatic hydroxyl groups is 5. The molecule has 0 aromatic carbocycles. The van der Waals surface area contributed by atoms with Crippen LogP contribution < -0.4 is 0 Å². The fourth-order valence-corrected chi connectivity index (χ4v) is 8.41. The Morgan fingerprint density at radius 3 is 2.04 bits per heavy atom. The summed E-state index contributed by atoms with van der Waals surface area (Å²) >= 11 is 0. The summed E-state index contributed by atoms with van der Waals surface area (Å²) in [6.07, 6.45) is -9.71. The number of methoxy groups -OCH3 is 1.